The average molecular weight is 215 g/mol. The van der Waals surface area contributed by atoms with Crippen LogP contribution in [0.1, 0.15) is 23.8 Å². The van der Waals surface area contributed by atoms with Crippen molar-refractivity contribution < 1.29 is 14.7 Å². The highest BCUT2D eigenvalue weighted by atomic mass is 32.1. The predicted octanol–water partition coefficient (Wildman–Crippen LogP) is 0.131. The summed E-state index contributed by atoms with van der Waals surface area (Å²) in [5, 5.41) is 10.9. The van der Waals surface area contributed by atoms with Crippen molar-refractivity contribution in [3.05, 3.63) is 11.9 Å². The number of nitrogens with zero attached hydrogens (tertiary/aromatic N) is 2. The highest BCUT2D eigenvalue weighted by molar-refractivity contribution is 6.99. The average Bonchev–Trinajstić information content (AvgIpc) is 2.53. The van der Waals surface area contributed by atoms with E-state index in [1.807, 2.05) is 0 Å². The van der Waals surface area contributed by atoms with Gasteiger partial charge < -0.3 is 10.4 Å². The maximum absolute atomic E-state index is 11.3. The van der Waals surface area contributed by atoms with Crippen LogP contribution in [0.15, 0.2) is 6.20 Å². The first-order chi connectivity index (χ1) is 6.59. The second-order valence-electron chi connectivity index (χ2n) is 2.77. The van der Waals surface area contributed by atoms with Crippen molar-refractivity contribution in [2.45, 2.75) is 19.4 Å². The first-order valence-electron chi connectivity index (χ1n) is 3.90. The third-order valence-corrected chi connectivity index (χ3v) is 1.93. The number of hydrogen-bond acceptors (Lipinski definition) is 5. The fourth-order valence-electron chi connectivity index (χ4n) is 0.875. The fraction of sp³-hybridized carbons (Fsp3) is 0.429. The molecule has 0 fully saturated rings. The molecule has 0 bridgehead atoms. The molecule has 1 aromatic rings. The van der Waals surface area contributed by atoms with Crippen molar-refractivity contribution in [1.82, 2.24) is 14.1 Å². The van der Waals surface area contributed by atoms with Crippen LogP contribution >= 0.6 is 11.7 Å². The van der Waals surface area contributed by atoms with Crippen LogP contribution in [0.3, 0.4) is 0 Å². The Bertz CT molecular complexity index is 325. The zero-order valence-corrected chi connectivity index (χ0v) is 8.24. The lowest BCUT2D eigenvalue weighted by Crippen LogP contribution is -2.34. The van der Waals surface area contributed by atoms with Gasteiger partial charge in [-0.25, -0.2) is 0 Å². The number of carboxylic acids is 1. The standard InChI is InChI=1S/C7H9N3O3S/c1-4(2-6(11)12)9-7(13)5-3-8-14-10-5/h3-4H,2H2,1H3,(H,9,13)(H,11,12). The molecule has 1 atom stereocenters. The Hall–Kier alpha value is -1.50. The molecule has 0 aliphatic heterocycles. The molecular weight excluding hydrogens is 206 g/mol. The number of carboxylic acid groups (broad SMARTS) is 1. The topological polar surface area (TPSA) is 92.2 Å². The summed E-state index contributed by atoms with van der Waals surface area (Å²) in [6.45, 7) is 1.62. The Morgan fingerprint density at radius 1 is 1.71 bits per heavy atom. The lowest BCUT2D eigenvalue weighted by atomic mass is 10.2. The maximum atomic E-state index is 11.3. The van der Waals surface area contributed by atoms with Gasteiger partial charge in [-0.3, -0.25) is 9.59 Å². The molecule has 0 spiro atoms. The molecule has 14 heavy (non-hydrogen) atoms. The SMILES string of the molecule is CC(CC(=O)O)NC(=O)c1cnsn1. The minimum absolute atomic E-state index is 0.108. The molecule has 1 amide bonds. The van der Waals surface area contributed by atoms with Gasteiger partial charge in [0.15, 0.2) is 5.69 Å². The molecule has 6 nitrogen and oxygen atoms in total. The first-order valence-corrected chi connectivity index (χ1v) is 4.63. The van der Waals surface area contributed by atoms with Crippen LogP contribution in [0.2, 0.25) is 0 Å². The van der Waals surface area contributed by atoms with Crippen molar-refractivity contribution in [3.8, 4) is 0 Å². The van der Waals surface area contributed by atoms with Gasteiger partial charge in [-0.2, -0.15) is 8.75 Å². The zero-order valence-electron chi connectivity index (χ0n) is 7.43. The van der Waals surface area contributed by atoms with Crippen molar-refractivity contribution >= 4 is 23.6 Å². The van der Waals surface area contributed by atoms with Crippen molar-refractivity contribution in [1.29, 1.82) is 0 Å². The van der Waals surface area contributed by atoms with E-state index >= 15 is 0 Å². The van der Waals surface area contributed by atoms with E-state index < -0.39 is 17.9 Å². The van der Waals surface area contributed by atoms with E-state index in [1.165, 1.54) is 6.20 Å². The van der Waals surface area contributed by atoms with Gasteiger partial charge in [0.05, 0.1) is 24.3 Å². The van der Waals surface area contributed by atoms with Crippen LogP contribution in [0.25, 0.3) is 0 Å². The Balaban J connectivity index is 2.45. The summed E-state index contributed by atoms with van der Waals surface area (Å²) in [5.41, 5.74) is 0.215. The molecule has 0 aromatic carbocycles. The molecule has 76 valence electrons. The van der Waals surface area contributed by atoms with Crippen LogP contribution in [0, 0.1) is 0 Å². The summed E-state index contributed by atoms with van der Waals surface area (Å²) in [5.74, 6) is -1.35. The van der Waals surface area contributed by atoms with E-state index in [2.05, 4.69) is 14.1 Å². The van der Waals surface area contributed by atoms with E-state index in [1.54, 1.807) is 6.92 Å². The summed E-state index contributed by atoms with van der Waals surface area (Å²) in [6.07, 6.45) is 1.23. The Morgan fingerprint density at radius 2 is 2.43 bits per heavy atom. The number of hydrogen-bond donors (Lipinski definition) is 2. The molecule has 2 N–H and O–H groups in total. The molecule has 1 unspecified atom stereocenters. The van der Waals surface area contributed by atoms with Gasteiger partial charge in [-0.15, -0.1) is 0 Å². The zero-order chi connectivity index (χ0) is 10.6. The monoisotopic (exact) mass is 215 g/mol. The number of carbonyl (C=O) groups is 2. The molecule has 0 radical (unpaired) electrons. The number of aliphatic carboxylic acids is 1. The predicted molar refractivity (Wildman–Crippen MR) is 49.1 cm³/mol. The molecule has 0 aliphatic rings. The largest absolute Gasteiger partial charge is 0.481 e. The van der Waals surface area contributed by atoms with Crippen LogP contribution in [0.4, 0.5) is 0 Å². The van der Waals surface area contributed by atoms with Gasteiger partial charge in [0.2, 0.25) is 0 Å². The highest BCUT2D eigenvalue weighted by Gasteiger charge is 2.13. The van der Waals surface area contributed by atoms with Crippen LogP contribution in [0.5, 0.6) is 0 Å². The molecular formula is C7H9N3O3S. The van der Waals surface area contributed by atoms with E-state index in [4.69, 9.17) is 5.11 Å². The number of aromatic nitrogens is 2. The molecule has 1 aromatic heterocycles. The summed E-state index contributed by atoms with van der Waals surface area (Å²) < 4.78 is 7.38. The third-order valence-electron chi connectivity index (χ3n) is 1.45. The van der Waals surface area contributed by atoms with Crippen molar-refractivity contribution in [3.63, 3.8) is 0 Å². The number of nitrogens with one attached hydrogen (secondary N) is 1. The van der Waals surface area contributed by atoms with Crippen molar-refractivity contribution in [2.75, 3.05) is 0 Å². The molecule has 0 aliphatic carbocycles. The van der Waals surface area contributed by atoms with Crippen LogP contribution in [-0.2, 0) is 4.79 Å². The van der Waals surface area contributed by atoms with E-state index in [-0.39, 0.29) is 12.1 Å². The molecule has 0 saturated carbocycles. The normalized spacial score (nSPS) is 12.1. The van der Waals surface area contributed by atoms with E-state index in [0.717, 1.165) is 11.7 Å². The summed E-state index contributed by atoms with van der Waals surface area (Å²) >= 11 is 0.932. The smallest absolute Gasteiger partial charge is 0.305 e. The van der Waals surface area contributed by atoms with Gasteiger partial charge in [-0.1, -0.05) is 0 Å². The van der Waals surface area contributed by atoms with E-state index in [9.17, 15) is 9.59 Å². The van der Waals surface area contributed by atoms with Gasteiger partial charge in [0.25, 0.3) is 5.91 Å². The lowest BCUT2D eigenvalue weighted by molar-refractivity contribution is -0.137. The third kappa shape index (κ3) is 3.09. The number of carbonyl (C=O) groups excluding carboxylic acids is 1. The molecule has 7 heteroatoms. The quantitative estimate of drug-likeness (QED) is 0.744. The Morgan fingerprint density at radius 3 is 2.93 bits per heavy atom. The minimum Gasteiger partial charge on any atom is -0.481 e. The highest BCUT2D eigenvalue weighted by Crippen LogP contribution is 1.97. The van der Waals surface area contributed by atoms with Gasteiger partial charge in [0, 0.05) is 6.04 Å². The molecule has 1 heterocycles. The lowest BCUT2D eigenvalue weighted by Gasteiger charge is -2.09. The van der Waals surface area contributed by atoms with Crippen LogP contribution in [-0.4, -0.2) is 31.8 Å². The number of amides is 1. The molecule has 1 rings (SSSR count). The second-order valence-corrected chi connectivity index (χ2v) is 3.32. The van der Waals surface area contributed by atoms with Gasteiger partial charge in [-0.05, 0) is 6.92 Å². The maximum Gasteiger partial charge on any atom is 0.305 e. The second kappa shape index (κ2) is 4.66. The minimum atomic E-state index is -0.950. The van der Waals surface area contributed by atoms with Gasteiger partial charge in [0.1, 0.15) is 0 Å². The van der Waals surface area contributed by atoms with Gasteiger partial charge >= 0.3 is 5.97 Å². The van der Waals surface area contributed by atoms with Crippen molar-refractivity contribution in [2.24, 2.45) is 0 Å². The van der Waals surface area contributed by atoms with Crippen LogP contribution < -0.4 is 5.32 Å². The first kappa shape index (κ1) is 10.6. The Kier molecular flexibility index (Phi) is 3.52. The summed E-state index contributed by atoms with van der Waals surface area (Å²) in [4.78, 5) is 21.6. The summed E-state index contributed by atoms with van der Waals surface area (Å²) in [6, 6.07) is -0.415. The number of rotatable bonds is 4. The molecule has 0 saturated heterocycles. The Labute approximate surface area is 84.3 Å². The fourth-order valence-corrected chi connectivity index (χ4v) is 1.29. The summed E-state index contributed by atoms with van der Waals surface area (Å²) in [7, 11) is 0. The van der Waals surface area contributed by atoms with E-state index in [0.29, 0.717) is 0 Å².